The average molecular weight is 240 g/mol. The summed E-state index contributed by atoms with van der Waals surface area (Å²) in [6, 6.07) is 0. The Morgan fingerprint density at radius 1 is 1.35 bits per heavy atom. The van der Waals surface area contributed by atoms with E-state index < -0.39 is 17.2 Å². The molecule has 1 rings (SSSR count). The van der Waals surface area contributed by atoms with Crippen LogP contribution in [0.25, 0.3) is 0 Å². The number of nitrogen functional groups attached to an aromatic ring is 1. The fourth-order valence-corrected chi connectivity index (χ4v) is 1.50. The van der Waals surface area contributed by atoms with Gasteiger partial charge in [-0.2, -0.15) is 0 Å². The average Bonchev–Trinajstić information content (AvgIpc) is 2.26. The highest BCUT2D eigenvalue weighted by molar-refractivity contribution is 5.73. The molecule has 0 atom stereocenters. The second kappa shape index (κ2) is 5.33. The van der Waals surface area contributed by atoms with E-state index in [9.17, 15) is 14.4 Å². The van der Waals surface area contributed by atoms with Gasteiger partial charge in [-0.25, -0.2) is 4.79 Å². The maximum absolute atomic E-state index is 11.9. The predicted octanol–water partition coefficient (Wildman–Crippen LogP) is -1.12. The van der Waals surface area contributed by atoms with E-state index in [2.05, 4.69) is 0 Å². The van der Waals surface area contributed by atoms with Gasteiger partial charge in [0, 0.05) is 25.7 Å². The topological polar surface area (TPSA) is 113 Å². The van der Waals surface area contributed by atoms with Gasteiger partial charge in [0.25, 0.3) is 5.56 Å². The molecule has 94 valence electrons. The van der Waals surface area contributed by atoms with E-state index in [0.717, 1.165) is 11.0 Å². The standard InChI is InChI=1S/C10H16N4O3/c1-2-4-13-6-7(11)9(16)14(10(13)17)5-3-8(12)15/h6H,2-5,11H2,1H3,(H2,12,15). The van der Waals surface area contributed by atoms with E-state index in [4.69, 9.17) is 11.5 Å². The quantitative estimate of drug-likeness (QED) is 0.678. The van der Waals surface area contributed by atoms with Gasteiger partial charge in [0.05, 0.1) is 0 Å². The minimum atomic E-state index is -0.580. The number of amides is 1. The molecular formula is C10H16N4O3. The summed E-state index contributed by atoms with van der Waals surface area (Å²) < 4.78 is 2.30. The number of carbonyl (C=O) groups excluding carboxylic acids is 1. The van der Waals surface area contributed by atoms with Gasteiger partial charge in [-0.05, 0) is 6.42 Å². The molecule has 17 heavy (non-hydrogen) atoms. The number of rotatable bonds is 5. The van der Waals surface area contributed by atoms with Crippen molar-refractivity contribution in [3.8, 4) is 0 Å². The highest BCUT2D eigenvalue weighted by Gasteiger charge is 2.09. The molecule has 1 aromatic heterocycles. The van der Waals surface area contributed by atoms with Crippen LogP contribution in [-0.4, -0.2) is 15.0 Å². The number of hydrogen-bond donors (Lipinski definition) is 2. The van der Waals surface area contributed by atoms with Gasteiger partial charge in [0.1, 0.15) is 5.69 Å². The number of primary amides is 1. The van der Waals surface area contributed by atoms with Crippen molar-refractivity contribution in [2.75, 3.05) is 5.73 Å². The lowest BCUT2D eigenvalue weighted by atomic mass is 10.4. The summed E-state index contributed by atoms with van der Waals surface area (Å²) in [4.78, 5) is 34.2. The third kappa shape index (κ3) is 2.96. The molecule has 0 radical (unpaired) electrons. The van der Waals surface area contributed by atoms with Crippen molar-refractivity contribution >= 4 is 11.6 Å². The van der Waals surface area contributed by atoms with Crippen LogP contribution in [0.15, 0.2) is 15.8 Å². The van der Waals surface area contributed by atoms with Crippen molar-refractivity contribution < 1.29 is 4.79 Å². The number of anilines is 1. The molecule has 0 aliphatic heterocycles. The molecule has 0 fully saturated rings. The van der Waals surface area contributed by atoms with E-state index in [-0.39, 0.29) is 18.7 Å². The lowest BCUT2D eigenvalue weighted by molar-refractivity contribution is -0.118. The lowest BCUT2D eigenvalue weighted by Crippen LogP contribution is -2.41. The summed E-state index contributed by atoms with van der Waals surface area (Å²) in [6.45, 7) is 2.34. The van der Waals surface area contributed by atoms with Crippen LogP contribution in [0.1, 0.15) is 19.8 Å². The third-order valence-corrected chi connectivity index (χ3v) is 2.31. The summed E-state index contributed by atoms with van der Waals surface area (Å²) in [5, 5.41) is 0. The molecule has 0 aromatic carbocycles. The molecule has 0 spiro atoms. The molecule has 4 N–H and O–H groups in total. The molecule has 7 nitrogen and oxygen atoms in total. The summed E-state index contributed by atoms with van der Waals surface area (Å²) in [5.74, 6) is -0.569. The molecule has 0 saturated carbocycles. The van der Waals surface area contributed by atoms with Crippen LogP contribution in [0.2, 0.25) is 0 Å². The highest BCUT2D eigenvalue weighted by Crippen LogP contribution is 1.93. The smallest absolute Gasteiger partial charge is 0.331 e. The van der Waals surface area contributed by atoms with Crippen molar-refractivity contribution in [1.82, 2.24) is 9.13 Å². The number of hydrogen-bond acceptors (Lipinski definition) is 4. The SMILES string of the molecule is CCCn1cc(N)c(=O)n(CCC(N)=O)c1=O. The number of aromatic nitrogens is 2. The molecule has 1 amide bonds. The second-order valence-corrected chi connectivity index (χ2v) is 3.73. The van der Waals surface area contributed by atoms with Crippen molar-refractivity contribution in [2.45, 2.75) is 32.9 Å². The van der Waals surface area contributed by atoms with Crippen molar-refractivity contribution in [3.63, 3.8) is 0 Å². The van der Waals surface area contributed by atoms with Gasteiger partial charge in [0.15, 0.2) is 0 Å². The maximum Gasteiger partial charge on any atom is 0.331 e. The third-order valence-electron chi connectivity index (χ3n) is 2.31. The van der Waals surface area contributed by atoms with Gasteiger partial charge in [0.2, 0.25) is 5.91 Å². The minimum absolute atomic E-state index is 0.0116. The zero-order chi connectivity index (χ0) is 13.0. The largest absolute Gasteiger partial charge is 0.393 e. The normalized spacial score (nSPS) is 10.4. The highest BCUT2D eigenvalue weighted by atomic mass is 16.2. The van der Waals surface area contributed by atoms with Crippen LogP contribution < -0.4 is 22.7 Å². The van der Waals surface area contributed by atoms with Crippen LogP contribution >= 0.6 is 0 Å². The zero-order valence-corrected chi connectivity index (χ0v) is 9.68. The fraction of sp³-hybridized carbons (Fsp3) is 0.500. The first-order chi connectivity index (χ1) is 7.97. The predicted molar refractivity (Wildman–Crippen MR) is 63.5 cm³/mol. The van der Waals surface area contributed by atoms with Gasteiger partial charge in [-0.3, -0.25) is 18.7 Å². The molecule has 0 saturated heterocycles. The van der Waals surface area contributed by atoms with Crippen LogP contribution in [0.4, 0.5) is 5.69 Å². The first kappa shape index (κ1) is 13.0. The number of nitrogens with two attached hydrogens (primary N) is 2. The molecule has 0 bridgehead atoms. The molecule has 1 aromatic rings. The van der Waals surface area contributed by atoms with E-state index in [1.165, 1.54) is 10.8 Å². The van der Waals surface area contributed by atoms with Crippen LogP contribution in [0.3, 0.4) is 0 Å². The Kier molecular flexibility index (Phi) is 4.08. The Labute approximate surface area is 97.6 Å². The first-order valence-electron chi connectivity index (χ1n) is 5.35. The Morgan fingerprint density at radius 3 is 2.53 bits per heavy atom. The summed E-state index contributed by atoms with van der Waals surface area (Å²) in [5.41, 5.74) is 9.44. The van der Waals surface area contributed by atoms with Crippen LogP contribution in [-0.2, 0) is 17.9 Å². The monoisotopic (exact) mass is 240 g/mol. The molecule has 0 aliphatic carbocycles. The fourth-order valence-electron chi connectivity index (χ4n) is 1.50. The Hall–Kier alpha value is -2.05. The number of aryl methyl sites for hydroxylation is 1. The number of nitrogens with zero attached hydrogens (tertiary/aromatic N) is 2. The van der Waals surface area contributed by atoms with E-state index in [0.29, 0.717) is 6.54 Å². The lowest BCUT2D eigenvalue weighted by Gasteiger charge is -2.09. The minimum Gasteiger partial charge on any atom is -0.393 e. The van der Waals surface area contributed by atoms with E-state index in [1.807, 2.05) is 6.92 Å². The second-order valence-electron chi connectivity index (χ2n) is 3.73. The van der Waals surface area contributed by atoms with E-state index >= 15 is 0 Å². The van der Waals surface area contributed by atoms with Gasteiger partial charge < -0.3 is 11.5 Å². The summed E-state index contributed by atoms with van der Waals surface area (Å²) in [6.07, 6.45) is 2.01. The first-order valence-corrected chi connectivity index (χ1v) is 5.35. The molecule has 0 unspecified atom stereocenters. The molecular weight excluding hydrogens is 224 g/mol. The Bertz CT molecular complexity index is 529. The van der Waals surface area contributed by atoms with Gasteiger partial charge in [-0.15, -0.1) is 0 Å². The van der Waals surface area contributed by atoms with E-state index in [1.54, 1.807) is 0 Å². The molecule has 0 aliphatic rings. The summed E-state index contributed by atoms with van der Waals surface area (Å²) in [7, 11) is 0. The maximum atomic E-state index is 11.9. The molecule has 7 heteroatoms. The summed E-state index contributed by atoms with van der Waals surface area (Å²) >= 11 is 0. The van der Waals surface area contributed by atoms with Crippen LogP contribution in [0.5, 0.6) is 0 Å². The van der Waals surface area contributed by atoms with Gasteiger partial charge >= 0.3 is 5.69 Å². The van der Waals surface area contributed by atoms with Crippen LogP contribution in [0, 0.1) is 0 Å². The van der Waals surface area contributed by atoms with Gasteiger partial charge in [-0.1, -0.05) is 6.92 Å². The zero-order valence-electron chi connectivity index (χ0n) is 9.68. The molecule has 1 heterocycles. The number of carbonyl (C=O) groups is 1. The Balaban J connectivity index is 3.22. The van der Waals surface area contributed by atoms with Crippen molar-refractivity contribution in [1.29, 1.82) is 0 Å². The van der Waals surface area contributed by atoms with Crippen molar-refractivity contribution in [3.05, 3.63) is 27.0 Å². The Morgan fingerprint density at radius 2 is 2.00 bits per heavy atom. The van der Waals surface area contributed by atoms with Crippen molar-refractivity contribution in [2.24, 2.45) is 5.73 Å².